The zero-order valence-corrected chi connectivity index (χ0v) is 8.03. The molecule has 0 aromatic heterocycles. The summed E-state index contributed by atoms with van der Waals surface area (Å²) in [7, 11) is 0. The Hall–Kier alpha value is -0.120. The normalized spacial score (nSPS) is 64.3. The fourth-order valence-corrected chi connectivity index (χ4v) is 4.48. The molecule has 0 aromatic rings. The molecule has 74 valence electrons. The predicted octanol–water partition coefficient (Wildman–Crippen LogP) is 0.0835. The van der Waals surface area contributed by atoms with Gasteiger partial charge in [0.25, 0.3) is 0 Å². The highest BCUT2D eigenvalue weighted by Crippen LogP contribution is 2.72. The molecule has 6 fully saturated rings. The lowest BCUT2D eigenvalue weighted by atomic mass is 9.55. The van der Waals surface area contributed by atoms with Crippen LogP contribution in [0.5, 0.6) is 0 Å². The summed E-state index contributed by atoms with van der Waals surface area (Å²) >= 11 is 0. The maximum absolute atomic E-state index is 5.88. The van der Waals surface area contributed by atoms with Gasteiger partial charge in [0.05, 0.1) is 25.4 Å². The summed E-state index contributed by atoms with van der Waals surface area (Å²) in [4.78, 5) is 2.63. The van der Waals surface area contributed by atoms with Crippen molar-refractivity contribution in [3.05, 3.63) is 12.0 Å². The lowest BCUT2D eigenvalue weighted by Gasteiger charge is -2.56. The van der Waals surface area contributed by atoms with E-state index in [2.05, 4.69) is 4.90 Å². The molecule has 5 heterocycles. The lowest BCUT2D eigenvalue weighted by molar-refractivity contribution is -0.0697. The molecule has 0 N–H and O–H groups in total. The summed E-state index contributed by atoms with van der Waals surface area (Å²) in [6.45, 7) is 5.39. The number of nitrogens with zero attached hydrogens (tertiary/aromatic N) is 1. The molecular formula is C11H13NO2. The van der Waals surface area contributed by atoms with Crippen LogP contribution in [-0.2, 0) is 9.47 Å². The molecule has 0 amide bonds. The molecular weight excluding hydrogens is 178 g/mol. The summed E-state index contributed by atoms with van der Waals surface area (Å²) < 4.78 is 11.5. The highest BCUT2D eigenvalue weighted by atomic mass is 16.5. The van der Waals surface area contributed by atoms with Gasteiger partial charge >= 0.3 is 0 Å². The van der Waals surface area contributed by atoms with Gasteiger partial charge in [-0.2, -0.15) is 0 Å². The first-order valence-corrected chi connectivity index (χ1v) is 5.61. The van der Waals surface area contributed by atoms with E-state index >= 15 is 0 Å². The Morgan fingerprint density at radius 3 is 3.14 bits per heavy atom. The SMILES string of the molecule is C1O[C]2C3COCC3C23[C]1C1CN3C1. The van der Waals surface area contributed by atoms with Crippen molar-refractivity contribution >= 4 is 0 Å². The van der Waals surface area contributed by atoms with E-state index in [1.54, 1.807) is 5.92 Å². The molecule has 5 aliphatic heterocycles. The molecule has 3 heteroatoms. The van der Waals surface area contributed by atoms with Gasteiger partial charge in [0, 0.05) is 30.8 Å². The molecule has 3 atom stereocenters. The molecule has 1 saturated carbocycles. The Morgan fingerprint density at radius 2 is 2.21 bits per heavy atom. The quantitative estimate of drug-likeness (QED) is 0.541. The summed E-state index contributed by atoms with van der Waals surface area (Å²) in [6.07, 6.45) is 1.37. The van der Waals surface area contributed by atoms with E-state index in [9.17, 15) is 0 Å². The Bertz CT molecular complexity index is 306. The second-order valence-corrected chi connectivity index (χ2v) is 5.30. The Kier molecular flexibility index (Phi) is 0.981. The fourth-order valence-electron chi connectivity index (χ4n) is 4.48. The first-order chi connectivity index (χ1) is 6.92. The van der Waals surface area contributed by atoms with Crippen molar-refractivity contribution in [1.82, 2.24) is 4.90 Å². The minimum absolute atomic E-state index is 0.297. The first-order valence-electron chi connectivity index (χ1n) is 5.61. The van der Waals surface area contributed by atoms with E-state index < -0.39 is 0 Å². The highest BCUT2D eigenvalue weighted by Gasteiger charge is 2.80. The van der Waals surface area contributed by atoms with Gasteiger partial charge in [0.1, 0.15) is 6.10 Å². The highest BCUT2D eigenvalue weighted by molar-refractivity contribution is 5.49. The van der Waals surface area contributed by atoms with Crippen LogP contribution in [0.25, 0.3) is 0 Å². The zero-order chi connectivity index (χ0) is 8.91. The maximum Gasteiger partial charge on any atom is 0.124 e. The molecule has 3 unspecified atom stereocenters. The third kappa shape index (κ3) is 0.467. The standard InChI is InChI=1S/C11H13NO2/c1-6-2-12(1)11-8(6)5-14-10(11)7-3-13-4-9(7)11/h6-7,9H,1-5H2. The number of rotatable bonds is 0. The number of fused-ring (bicyclic) bond motifs is 2. The lowest BCUT2D eigenvalue weighted by Crippen LogP contribution is -2.66. The monoisotopic (exact) mass is 191 g/mol. The Balaban J connectivity index is 1.67. The van der Waals surface area contributed by atoms with Crippen LogP contribution >= 0.6 is 0 Å². The van der Waals surface area contributed by atoms with Gasteiger partial charge < -0.3 is 9.47 Å². The van der Waals surface area contributed by atoms with Gasteiger partial charge in [-0.3, -0.25) is 4.90 Å². The van der Waals surface area contributed by atoms with Gasteiger partial charge in [0.2, 0.25) is 0 Å². The van der Waals surface area contributed by atoms with Crippen molar-refractivity contribution in [1.29, 1.82) is 0 Å². The second-order valence-electron chi connectivity index (χ2n) is 5.30. The van der Waals surface area contributed by atoms with Crippen molar-refractivity contribution in [2.75, 3.05) is 32.9 Å². The van der Waals surface area contributed by atoms with Gasteiger partial charge in [0.15, 0.2) is 0 Å². The topological polar surface area (TPSA) is 21.7 Å². The number of hydrogen-bond acceptors (Lipinski definition) is 3. The molecule has 2 radical (unpaired) electrons. The largest absolute Gasteiger partial charge is 0.381 e. The van der Waals surface area contributed by atoms with Crippen molar-refractivity contribution in [3.63, 3.8) is 0 Å². The molecule has 2 bridgehead atoms. The van der Waals surface area contributed by atoms with E-state index in [0.717, 1.165) is 31.7 Å². The average molecular weight is 191 g/mol. The fraction of sp³-hybridized carbons (Fsp3) is 0.818. The summed E-state index contributed by atoms with van der Waals surface area (Å²) in [6, 6.07) is 0. The molecule has 0 aromatic carbocycles. The Morgan fingerprint density at radius 1 is 1.29 bits per heavy atom. The van der Waals surface area contributed by atoms with E-state index in [0.29, 0.717) is 11.5 Å². The van der Waals surface area contributed by atoms with Gasteiger partial charge in [-0.05, 0) is 5.92 Å². The average Bonchev–Trinajstić information content (AvgIpc) is 2.67. The van der Waals surface area contributed by atoms with Crippen LogP contribution in [-0.4, -0.2) is 43.3 Å². The van der Waals surface area contributed by atoms with Crippen molar-refractivity contribution in [2.24, 2.45) is 17.8 Å². The summed E-state index contributed by atoms with van der Waals surface area (Å²) in [5, 5.41) is 0. The van der Waals surface area contributed by atoms with E-state index in [4.69, 9.17) is 9.47 Å². The third-order valence-corrected chi connectivity index (χ3v) is 5.08. The van der Waals surface area contributed by atoms with E-state index in [1.807, 2.05) is 0 Å². The van der Waals surface area contributed by atoms with Gasteiger partial charge in [-0.1, -0.05) is 0 Å². The van der Waals surface area contributed by atoms with Crippen LogP contribution in [0.2, 0.25) is 0 Å². The first kappa shape index (κ1) is 7.20. The van der Waals surface area contributed by atoms with Crippen LogP contribution in [0, 0.1) is 29.8 Å². The molecule has 1 spiro atoms. The smallest absolute Gasteiger partial charge is 0.124 e. The van der Waals surface area contributed by atoms with E-state index in [-0.39, 0.29) is 0 Å². The number of hydrogen-bond donors (Lipinski definition) is 0. The van der Waals surface area contributed by atoms with Crippen LogP contribution in [0.3, 0.4) is 0 Å². The van der Waals surface area contributed by atoms with Crippen LogP contribution in [0.15, 0.2) is 0 Å². The van der Waals surface area contributed by atoms with Crippen LogP contribution in [0.1, 0.15) is 0 Å². The van der Waals surface area contributed by atoms with Gasteiger partial charge in [-0.25, -0.2) is 0 Å². The van der Waals surface area contributed by atoms with E-state index in [1.165, 1.54) is 19.2 Å². The predicted molar refractivity (Wildman–Crippen MR) is 48.0 cm³/mol. The van der Waals surface area contributed by atoms with Crippen molar-refractivity contribution in [3.8, 4) is 0 Å². The molecule has 14 heavy (non-hydrogen) atoms. The van der Waals surface area contributed by atoms with Gasteiger partial charge in [-0.15, -0.1) is 0 Å². The summed E-state index contributed by atoms with van der Waals surface area (Å²) in [5.74, 6) is 3.92. The van der Waals surface area contributed by atoms with Crippen LogP contribution in [0.4, 0.5) is 0 Å². The second kappa shape index (κ2) is 1.91. The summed E-state index contributed by atoms with van der Waals surface area (Å²) in [5.41, 5.74) is 0.297. The van der Waals surface area contributed by atoms with Crippen LogP contribution < -0.4 is 0 Å². The molecule has 6 aliphatic rings. The molecule has 1 aliphatic carbocycles. The van der Waals surface area contributed by atoms with Crippen molar-refractivity contribution < 1.29 is 9.47 Å². The molecule has 3 nitrogen and oxygen atoms in total. The third-order valence-electron chi connectivity index (χ3n) is 5.08. The minimum Gasteiger partial charge on any atom is -0.381 e. The molecule has 6 rings (SSSR count). The molecule has 5 saturated heterocycles. The number of ether oxygens (including phenoxy) is 2. The zero-order valence-electron chi connectivity index (χ0n) is 8.03. The van der Waals surface area contributed by atoms with Crippen molar-refractivity contribution in [2.45, 2.75) is 5.54 Å². The maximum atomic E-state index is 5.88. The minimum atomic E-state index is 0.297. The Labute approximate surface area is 83.3 Å².